The van der Waals surface area contributed by atoms with Crippen LogP contribution < -0.4 is 14.4 Å². The van der Waals surface area contributed by atoms with E-state index in [9.17, 15) is 4.79 Å². The van der Waals surface area contributed by atoms with Gasteiger partial charge in [0.05, 0.1) is 7.11 Å². The highest BCUT2D eigenvalue weighted by Gasteiger charge is 2.06. The van der Waals surface area contributed by atoms with Crippen molar-refractivity contribution in [1.82, 2.24) is 0 Å². The number of hydrogen-bond acceptors (Lipinski definition) is 4. The van der Waals surface area contributed by atoms with Crippen molar-refractivity contribution >= 4 is 12.0 Å². The van der Waals surface area contributed by atoms with Crippen LogP contribution in [-0.2, 0) is 6.61 Å². The Balaban J connectivity index is 2.15. The van der Waals surface area contributed by atoms with Crippen LogP contribution in [0.5, 0.6) is 11.5 Å². The zero-order valence-corrected chi connectivity index (χ0v) is 12.5. The molecule has 0 aliphatic rings. The highest BCUT2D eigenvalue weighted by Crippen LogP contribution is 2.24. The van der Waals surface area contributed by atoms with Crippen LogP contribution in [0.3, 0.4) is 0 Å². The molecule has 0 aliphatic heterocycles. The quantitative estimate of drug-likeness (QED) is 0.764. The summed E-state index contributed by atoms with van der Waals surface area (Å²) in [6.45, 7) is 0.349. The minimum Gasteiger partial charge on any atom is -0.496 e. The molecule has 110 valence electrons. The van der Waals surface area contributed by atoms with Crippen LogP contribution >= 0.6 is 0 Å². The maximum atomic E-state index is 10.9. The summed E-state index contributed by atoms with van der Waals surface area (Å²) < 4.78 is 11.1. The molecule has 21 heavy (non-hydrogen) atoms. The second-order valence-corrected chi connectivity index (χ2v) is 4.87. The fourth-order valence-corrected chi connectivity index (χ4v) is 2.00. The van der Waals surface area contributed by atoms with E-state index in [2.05, 4.69) is 0 Å². The lowest BCUT2D eigenvalue weighted by Crippen LogP contribution is -2.08. The summed E-state index contributed by atoms with van der Waals surface area (Å²) in [5, 5.41) is 0. The van der Waals surface area contributed by atoms with Gasteiger partial charge in [0.25, 0.3) is 0 Å². The lowest BCUT2D eigenvalue weighted by molar-refractivity contribution is 0.112. The van der Waals surface area contributed by atoms with Crippen molar-refractivity contribution in [2.75, 3.05) is 26.1 Å². The molecule has 0 atom stereocenters. The molecule has 0 radical (unpaired) electrons. The number of methoxy groups -OCH3 is 1. The van der Waals surface area contributed by atoms with Crippen LogP contribution in [0, 0.1) is 0 Å². The van der Waals surface area contributed by atoms with Gasteiger partial charge >= 0.3 is 0 Å². The Kier molecular flexibility index (Phi) is 4.82. The van der Waals surface area contributed by atoms with Gasteiger partial charge in [0, 0.05) is 37.0 Å². The Morgan fingerprint density at radius 2 is 1.95 bits per heavy atom. The normalized spacial score (nSPS) is 10.0. The highest BCUT2D eigenvalue weighted by molar-refractivity contribution is 5.75. The Morgan fingerprint density at radius 1 is 1.14 bits per heavy atom. The summed E-state index contributed by atoms with van der Waals surface area (Å²) in [6, 6.07) is 13.1. The van der Waals surface area contributed by atoms with Gasteiger partial charge < -0.3 is 14.4 Å². The Bertz CT molecular complexity index is 623. The molecule has 0 unspecified atom stereocenters. The molecule has 0 fully saturated rings. The second kappa shape index (κ2) is 6.79. The molecule has 0 N–H and O–H groups in total. The predicted octanol–water partition coefficient (Wildman–Crippen LogP) is 3.15. The number of hydrogen-bond donors (Lipinski definition) is 0. The molecule has 4 nitrogen and oxygen atoms in total. The molecule has 0 saturated heterocycles. The summed E-state index contributed by atoms with van der Waals surface area (Å²) in [5.74, 6) is 1.49. The van der Waals surface area contributed by atoms with Crippen LogP contribution in [0.4, 0.5) is 5.69 Å². The maximum Gasteiger partial charge on any atom is 0.150 e. The minimum absolute atomic E-state index is 0.349. The van der Waals surface area contributed by atoms with E-state index in [-0.39, 0.29) is 0 Å². The van der Waals surface area contributed by atoms with Gasteiger partial charge in [-0.25, -0.2) is 0 Å². The van der Waals surface area contributed by atoms with Gasteiger partial charge in [0.15, 0.2) is 0 Å². The molecule has 0 aliphatic carbocycles. The van der Waals surface area contributed by atoms with Gasteiger partial charge in [-0.2, -0.15) is 0 Å². The smallest absolute Gasteiger partial charge is 0.150 e. The number of carbonyl (C=O) groups is 1. The van der Waals surface area contributed by atoms with Crippen molar-refractivity contribution in [2.24, 2.45) is 0 Å². The summed E-state index contributed by atoms with van der Waals surface area (Å²) in [5.41, 5.74) is 2.52. The monoisotopic (exact) mass is 285 g/mol. The van der Waals surface area contributed by atoms with E-state index < -0.39 is 0 Å². The third-order valence-electron chi connectivity index (χ3n) is 3.17. The number of nitrogens with zero attached hydrogens (tertiary/aromatic N) is 1. The van der Waals surface area contributed by atoms with E-state index in [1.54, 1.807) is 25.3 Å². The van der Waals surface area contributed by atoms with Crippen LogP contribution in [0.2, 0.25) is 0 Å². The molecule has 0 amide bonds. The molecule has 0 heterocycles. The highest BCUT2D eigenvalue weighted by atomic mass is 16.5. The fourth-order valence-electron chi connectivity index (χ4n) is 2.00. The largest absolute Gasteiger partial charge is 0.496 e. The average molecular weight is 285 g/mol. The standard InChI is InChI=1S/C17H19NO3/c1-18(2)15-5-4-6-16(10-15)21-12-14-9-13(11-19)7-8-17(14)20-3/h4-11H,12H2,1-3H3. The fraction of sp³-hybridized carbons (Fsp3) is 0.235. The molecule has 2 rings (SSSR count). The second-order valence-electron chi connectivity index (χ2n) is 4.87. The summed E-state index contributed by atoms with van der Waals surface area (Å²) in [6.07, 6.45) is 0.815. The lowest BCUT2D eigenvalue weighted by Gasteiger charge is -2.15. The number of anilines is 1. The molecule has 2 aromatic carbocycles. The topological polar surface area (TPSA) is 38.8 Å². The first kappa shape index (κ1) is 14.9. The van der Waals surface area contributed by atoms with Crippen molar-refractivity contribution < 1.29 is 14.3 Å². The van der Waals surface area contributed by atoms with Crippen LogP contribution in [0.25, 0.3) is 0 Å². The molecular weight excluding hydrogens is 266 g/mol. The van der Waals surface area contributed by atoms with Crippen LogP contribution in [0.1, 0.15) is 15.9 Å². The van der Waals surface area contributed by atoms with E-state index in [1.165, 1.54) is 0 Å². The number of aldehydes is 1. The molecule has 4 heteroatoms. The predicted molar refractivity (Wildman–Crippen MR) is 83.5 cm³/mol. The molecule has 0 bridgehead atoms. The summed E-state index contributed by atoms with van der Waals surface area (Å²) in [4.78, 5) is 12.9. The van der Waals surface area contributed by atoms with Crippen molar-refractivity contribution in [2.45, 2.75) is 6.61 Å². The van der Waals surface area contributed by atoms with Crippen molar-refractivity contribution in [1.29, 1.82) is 0 Å². The maximum absolute atomic E-state index is 10.9. The van der Waals surface area contributed by atoms with Gasteiger partial charge in [-0.3, -0.25) is 4.79 Å². The SMILES string of the molecule is COc1ccc(C=O)cc1COc1cccc(N(C)C)c1. The zero-order valence-electron chi connectivity index (χ0n) is 12.5. The first-order chi connectivity index (χ1) is 10.1. The molecule has 0 saturated carbocycles. The molecule has 0 aromatic heterocycles. The van der Waals surface area contributed by atoms with Crippen molar-refractivity contribution in [3.8, 4) is 11.5 Å². The average Bonchev–Trinajstić information content (AvgIpc) is 2.52. The van der Waals surface area contributed by atoms with Crippen LogP contribution in [0.15, 0.2) is 42.5 Å². The zero-order chi connectivity index (χ0) is 15.2. The van der Waals surface area contributed by atoms with E-state index in [0.717, 1.165) is 23.3 Å². The third-order valence-corrected chi connectivity index (χ3v) is 3.17. The summed E-state index contributed by atoms with van der Waals surface area (Å²) >= 11 is 0. The molecule has 2 aromatic rings. The number of rotatable bonds is 6. The number of carbonyl (C=O) groups excluding carboxylic acids is 1. The first-order valence-corrected chi connectivity index (χ1v) is 6.66. The Labute approximate surface area is 124 Å². The van der Waals surface area contributed by atoms with E-state index in [4.69, 9.17) is 9.47 Å². The van der Waals surface area contributed by atoms with E-state index in [1.807, 2.05) is 43.3 Å². The first-order valence-electron chi connectivity index (χ1n) is 6.66. The van der Waals surface area contributed by atoms with Gasteiger partial charge in [0.1, 0.15) is 24.4 Å². The molecular formula is C17H19NO3. The minimum atomic E-state index is 0.349. The van der Waals surface area contributed by atoms with Crippen LogP contribution in [-0.4, -0.2) is 27.5 Å². The van der Waals surface area contributed by atoms with Gasteiger partial charge in [-0.15, -0.1) is 0 Å². The Hall–Kier alpha value is -2.49. The van der Waals surface area contributed by atoms with Crippen molar-refractivity contribution in [3.05, 3.63) is 53.6 Å². The van der Waals surface area contributed by atoms with Crippen molar-refractivity contribution in [3.63, 3.8) is 0 Å². The lowest BCUT2D eigenvalue weighted by atomic mass is 10.1. The van der Waals surface area contributed by atoms with Gasteiger partial charge in [-0.1, -0.05) is 6.07 Å². The van der Waals surface area contributed by atoms with Gasteiger partial charge in [-0.05, 0) is 30.3 Å². The van der Waals surface area contributed by atoms with Gasteiger partial charge in [0.2, 0.25) is 0 Å². The Morgan fingerprint density at radius 3 is 2.62 bits per heavy atom. The third kappa shape index (κ3) is 3.75. The summed E-state index contributed by atoms with van der Waals surface area (Å²) in [7, 11) is 5.57. The van der Waals surface area contributed by atoms with E-state index >= 15 is 0 Å². The van der Waals surface area contributed by atoms with E-state index in [0.29, 0.717) is 17.9 Å². The molecule has 0 spiro atoms. The number of ether oxygens (including phenoxy) is 2. The number of benzene rings is 2.